The molecular formula is C53H44N2. The number of fused-ring (bicyclic) bond motifs is 4. The smallest absolute Gasteiger partial charge is 0.0540 e. The number of hydrogen-bond acceptors (Lipinski definition) is 1. The van der Waals surface area contributed by atoms with Gasteiger partial charge < -0.3 is 9.47 Å². The van der Waals surface area contributed by atoms with Crippen LogP contribution in [0.15, 0.2) is 182 Å². The Bertz CT molecular complexity index is 2680. The summed E-state index contributed by atoms with van der Waals surface area (Å²) in [6.07, 6.45) is 20.8. The molecule has 7 aromatic rings. The van der Waals surface area contributed by atoms with Crippen molar-refractivity contribution in [2.24, 2.45) is 0 Å². The molecule has 0 atom stereocenters. The Balaban J connectivity index is 1.10. The number of anilines is 3. The zero-order valence-electron chi connectivity index (χ0n) is 31.7. The number of benzene rings is 6. The zero-order chi connectivity index (χ0) is 37.4. The van der Waals surface area contributed by atoms with Gasteiger partial charge >= 0.3 is 0 Å². The first-order valence-electron chi connectivity index (χ1n) is 19.3. The van der Waals surface area contributed by atoms with Gasteiger partial charge in [0.05, 0.1) is 11.2 Å². The number of para-hydroxylation sites is 1. The predicted octanol–water partition coefficient (Wildman–Crippen LogP) is 14.6. The minimum atomic E-state index is -0.0890. The predicted molar refractivity (Wildman–Crippen MR) is 237 cm³/mol. The largest absolute Gasteiger partial charge is 0.310 e. The minimum Gasteiger partial charge on any atom is -0.310 e. The average Bonchev–Trinajstić information content (AvgIpc) is 3.47. The topological polar surface area (TPSA) is 8.17 Å². The fourth-order valence-corrected chi connectivity index (χ4v) is 8.42. The summed E-state index contributed by atoms with van der Waals surface area (Å²) in [7, 11) is 0. The molecule has 0 saturated heterocycles. The highest BCUT2D eigenvalue weighted by molar-refractivity contribution is 5.99. The van der Waals surface area contributed by atoms with Gasteiger partial charge in [-0.15, -0.1) is 0 Å². The maximum Gasteiger partial charge on any atom is 0.0540 e. The first-order valence-corrected chi connectivity index (χ1v) is 19.3. The molecule has 0 aliphatic heterocycles. The zero-order valence-corrected chi connectivity index (χ0v) is 31.7. The SMILES string of the molecule is C/C=C\c1c(/C=C/c2ccc(N(c3ccc(-c4ccccc4)cc3)c3ccc4c(c3)C(C)(C)c3ccccc3-4)cc2)c2ccccc2n1C1=CCC=CC=C1. The van der Waals surface area contributed by atoms with Gasteiger partial charge in [-0.2, -0.15) is 0 Å². The highest BCUT2D eigenvalue weighted by Gasteiger charge is 2.35. The van der Waals surface area contributed by atoms with Crippen molar-refractivity contribution in [3.8, 4) is 22.3 Å². The van der Waals surface area contributed by atoms with E-state index in [0.29, 0.717) is 0 Å². The molecule has 0 fully saturated rings. The molecular weight excluding hydrogens is 665 g/mol. The third-order valence-electron chi connectivity index (χ3n) is 11.2. The van der Waals surface area contributed by atoms with Crippen LogP contribution >= 0.6 is 0 Å². The Morgan fingerprint density at radius 3 is 2.07 bits per heavy atom. The lowest BCUT2D eigenvalue weighted by atomic mass is 9.82. The molecule has 0 spiro atoms. The maximum atomic E-state index is 2.40. The van der Waals surface area contributed by atoms with Crippen molar-refractivity contribution in [2.45, 2.75) is 32.6 Å². The first-order chi connectivity index (χ1) is 27.0. The second-order valence-corrected chi connectivity index (χ2v) is 14.9. The van der Waals surface area contributed by atoms with E-state index in [1.807, 2.05) is 0 Å². The second kappa shape index (κ2) is 14.3. The summed E-state index contributed by atoms with van der Waals surface area (Å²) in [4.78, 5) is 2.39. The van der Waals surface area contributed by atoms with Gasteiger partial charge in [-0.3, -0.25) is 0 Å². The van der Waals surface area contributed by atoms with Crippen molar-refractivity contribution in [3.63, 3.8) is 0 Å². The van der Waals surface area contributed by atoms with Crippen molar-refractivity contribution in [1.82, 2.24) is 4.57 Å². The molecule has 0 saturated carbocycles. The van der Waals surface area contributed by atoms with Crippen LogP contribution < -0.4 is 4.90 Å². The van der Waals surface area contributed by atoms with Crippen molar-refractivity contribution in [1.29, 1.82) is 0 Å². The number of allylic oxidation sites excluding steroid dienone is 7. The molecule has 0 N–H and O–H groups in total. The van der Waals surface area contributed by atoms with Crippen molar-refractivity contribution >= 4 is 51.9 Å². The third-order valence-corrected chi connectivity index (χ3v) is 11.2. The highest BCUT2D eigenvalue weighted by atomic mass is 15.1. The van der Waals surface area contributed by atoms with E-state index in [2.05, 4.69) is 231 Å². The quantitative estimate of drug-likeness (QED) is 0.153. The summed E-state index contributed by atoms with van der Waals surface area (Å²) >= 11 is 0. The Kier molecular flexibility index (Phi) is 8.88. The van der Waals surface area contributed by atoms with Gasteiger partial charge in [0.25, 0.3) is 0 Å². The van der Waals surface area contributed by atoms with E-state index in [1.165, 1.54) is 61.2 Å². The Hall–Kier alpha value is -6.64. The fraction of sp³-hybridized carbons (Fsp3) is 0.0943. The summed E-state index contributed by atoms with van der Waals surface area (Å²) in [5.41, 5.74) is 17.1. The molecule has 9 rings (SSSR count). The van der Waals surface area contributed by atoms with Gasteiger partial charge in [-0.25, -0.2) is 0 Å². The lowest BCUT2D eigenvalue weighted by Crippen LogP contribution is -2.16. The fourth-order valence-electron chi connectivity index (χ4n) is 8.42. The molecule has 6 aromatic carbocycles. The Labute approximate surface area is 325 Å². The lowest BCUT2D eigenvalue weighted by molar-refractivity contribution is 0.660. The Morgan fingerprint density at radius 1 is 0.600 bits per heavy atom. The van der Waals surface area contributed by atoms with Crippen LogP contribution in [0.25, 0.3) is 57.1 Å². The van der Waals surface area contributed by atoms with Crippen LogP contribution in [0.1, 0.15) is 55.1 Å². The second-order valence-electron chi connectivity index (χ2n) is 14.9. The van der Waals surface area contributed by atoms with Crippen molar-refractivity contribution < 1.29 is 0 Å². The molecule has 1 aromatic heterocycles. The number of aromatic nitrogens is 1. The van der Waals surface area contributed by atoms with E-state index in [4.69, 9.17) is 0 Å². The first kappa shape index (κ1) is 34.1. The molecule has 0 radical (unpaired) electrons. The number of rotatable bonds is 8. The highest BCUT2D eigenvalue weighted by Crippen LogP contribution is 2.50. The van der Waals surface area contributed by atoms with Crippen molar-refractivity contribution in [3.05, 3.63) is 210 Å². The van der Waals surface area contributed by atoms with E-state index >= 15 is 0 Å². The molecule has 2 nitrogen and oxygen atoms in total. The molecule has 1 heterocycles. The average molecular weight is 709 g/mol. The van der Waals surface area contributed by atoms with Crippen LogP contribution in [0.5, 0.6) is 0 Å². The normalized spacial score (nSPS) is 14.3. The van der Waals surface area contributed by atoms with Gasteiger partial charge in [-0.05, 0) is 107 Å². The van der Waals surface area contributed by atoms with Crippen molar-refractivity contribution in [2.75, 3.05) is 4.90 Å². The van der Waals surface area contributed by atoms with E-state index in [1.54, 1.807) is 0 Å². The third kappa shape index (κ3) is 6.20. The van der Waals surface area contributed by atoms with Gasteiger partial charge in [0.15, 0.2) is 0 Å². The van der Waals surface area contributed by atoms with E-state index < -0.39 is 0 Å². The summed E-state index contributed by atoms with van der Waals surface area (Å²) in [6, 6.07) is 53.1. The summed E-state index contributed by atoms with van der Waals surface area (Å²) < 4.78 is 2.39. The van der Waals surface area contributed by atoms with Gasteiger partial charge in [0, 0.05) is 39.1 Å². The molecule has 55 heavy (non-hydrogen) atoms. The molecule has 0 unspecified atom stereocenters. The van der Waals surface area contributed by atoms with E-state index in [-0.39, 0.29) is 5.41 Å². The van der Waals surface area contributed by atoms with Crippen LogP contribution in [-0.2, 0) is 5.41 Å². The summed E-state index contributed by atoms with van der Waals surface area (Å²) in [5.74, 6) is 0. The standard InChI is InChI=1S/C53H44N2/c1-4-16-51-48(47-22-13-15-24-52(47)55(51)41-19-10-5-6-11-20-41)35-27-38-25-30-42(31-26-38)54(43-32-28-40(29-33-43)39-17-8-7-9-18-39)44-34-36-46-45-21-12-14-23-49(45)53(2,3)50(46)37-44/h4-10,12-37H,11H2,1-3H3/b16-4-,35-27+. The number of nitrogens with zero attached hydrogens (tertiary/aromatic N) is 2. The molecule has 0 bridgehead atoms. The minimum absolute atomic E-state index is 0.0890. The molecule has 2 aliphatic rings. The van der Waals surface area contributed by atoms with Crippen LogP contribution in [0, 0.1) is 0 Å². The summed E-state index contributed by atoms with van der Waals surface area (Å²) in [6.45, 7) is 6.79. The molecule has 2 aliphatic carbocycles. The lowest BCUT2D eigenvalue weighted by Gasteiger charge is -2.28. The Morgan fingerprint density at radius 2 is 1.27 bits per heavy atom. The number of hydrogen-bond donors (Lipinski definition) is 0. The van der Waals surface area contributed by atoms with Crippen LogP contribution in [0.4, 0.5) is 17.1 Å². The summed E-state index contributed by atoms with van der Waals surface area (Å²) in [5, 5.41) is 1.24. The van der Waals surface area contributed by atoms with Gasteiger partial charge in [0.2, 0.25) is 0 Å². The maximum absolute atomic E-state index is 2.40. The van der Waals surface area contributed by atoms with Gasteiger partial charge in [0.1, 0.15) is 0 Å². The van der Waals surface area contributed by atoms with Crippen LogP contribution in [0.2, 0.25) is 0 Å². The van der Waals surface area contributed by atoms with Gasteiger partial charge in [-0.1, -0.05) is 160 Å². The van der Waals surface area contributed by atoms with Crippen LogP contribution in [-0.4, -0.2) is 4.57 Å². The monoisotopic (exact) mass is 708 g/mol. The van der Waals surface area contributed by atoms with E-state index in [0.717, 1.165) is 29.0 Å². The molecule has 2 heteroatoms. The molecule has 266 valence electrons. The van der Waals surface area contributed by atoms with Crippen LogP contribution in [0.3, 0.4) is 0 Å². The molecule has 0 amide bonds. The van der Waals surface area contributed by atoms with E-state index in [9.17, 15) is 0 Å².